The van der Waals surface area contributed by atoms with Crippen LogP contribution >= 0.6 is 0 Å². The standard InChI is InChI=1S/C15H16N2O4/c1-2-16-15(13-5-6-14(21-13)17(18)19)10-3-4-11-8-20-9-12(11)7-10/h3-7,15-16H,2,8-9H2,1H3. The van der Waals surface area contributed by atoms with E-state index < -0.39 is 4.92 Å². The van der Waals surface area contributed by atoms with Gasteiger partial charge in [0, 0.05) is 0 Å². The predicted octanol–water partition coefficient (Wildman–Crippen LogP) is 2.92. The molecule has 1 aliphatic rings. The normalized spacial score (nSPS) is 14.9. The third-order valence-corrected chi connectivity index (χ3v) is 3.56. The largest absolute Gasteiger partial charge is 0.433 e. The number of hydrogen-bond donors (Lipinski definition) is 1. The van der Waals surface area contributed by atoms with Crippen molar-refractivity contribution < 1.29 is 14.1 Å². The number of hydrogen-bond acceptors (Lipinski definition) is 5. The van der Waals surface area contributed by atoms with Gasteiger partial charge < -0.3 is 14.5 Å². The van der Waals surface area contributed by atoms with E-state index in [1.165, 1.54) is 11.6 Å². The molecule has 1 N–H and O–H groups in total. The quantitative estimate of drug-likeness (QED) is 0.676. The van der Waals surface area contributed by atoms with E-state index in [2.05, 4.69) is 11.4 Å². The highest BCUT2D eigenvalue weighted by atomic mass is 16.6. The summed E-state index contributed by atoms with van der Waals surface area (Å²) in [4.78, 5) is 10.2. The van der Waals surface area contributed by atoms with E-state index in [1.54, 1.807) is 6.07 Å². The summed E-state index contributed by atoms with van der Waals surface area (Å²) < 4.78 is 10.8. The minimum atomic E-state index is -0.525. The van der Waals surface area contributed by atoms with Crippen molar-refractivity contribution in [1.82, 2.24) is 5.32 Å². The van der Waals surface area contributed by atoms with Crippen LogP contribution < -0.4 is 5.32 Å². The van der Waals surface area contributed by atoms with Gasteiger partial charge in [-0.05, 0) is 29.3 Å². The molecule has 6 heteroatoms. The average Bonchev–Trinajstić information content (AvgIpc) is 3.12. The topological polar surface area (TPSA) is 77.5 Å². The monoisotopic (exact) mass is 288 g/mol. The Morgan fingerprint density at radius 2 is 2.10 bits per heavy atom. The number of fused-ring (bicyclic) bond motifs is 1. The Hall–Kier alpha value is -2.18. The van der Waals surface area contributed by atoms with Gasteiger partial charge in [0.05, 0.1) is 25.3 Å². The van der Waals surface area contributed by atoms with Gasteiger partial charge in [0.25, 0.3) is 0 Å². The van der Waals surface area contributed by atoms with E-state index in [0.717, 1.165) is 17.7 Å². The molecule has 3 rings (SSSR count). The molecular weight excluding hydrogens is 272 g/mol. The van der Waals surface area contributed by atoms with Gasteiger partial charge in [-0.2, -0.15) is 0 Å². The lowest BCUT2D eigenvalue weighted by molar-refractivity contribution is -0.402. The lowest BCUT2D eigenvalue weighted by Crippen LogP contribution is -2.21. The fourth-order valence-corrected chi connectivity index (χ4v) is 2.55. The fourth-order valence-electron chi connectivity index (χ4n) is 2.55. The van der Waals surface area contributed by atoms with E-state index in [9.17, 15) is 10.1 Å². The van der Waals surface area contributed by atoms with Crippen molar-refractivity contribution in [2.24, 2.45) is 0 Å². The van der Waals surface area contributed by atoms with Crippen LogP contribution in [-0.4, -0.2) is 11.5 Å². The van der Waals surface area contributed by atoms with Crippen LogP contribution in [0.4, 0.5) is 5.88 Å². The van der Waals surface area contributed by atoms with Crippen LogP contribution in [0.5, 0.6) is 0 Å². The molecule has 0 aliphatic carbocycles. The van der Waals surface area contributed by atoms with E-state index in [-0.39, 0.29) is 11.9 Å². The predicted molar refractivity (Wildman–Crippen MR) is 75.8 cm³/mol. The number of nitrogens with zero attached hydrogens (tertiary/aromatic N) is 1. The van der Waals surface area contributed by atoms with Gasteiger partial charge in [0.1, 0.15) is 10.7 Å². The van der Waals surface area contributed by atoms with Crippen molar-refractivity contribution in [2.75, 3.05) is 6.54 Å². The minimum Gasteiger partial charge on any atom is -0.404 e. The second-order valence-corrected chi connectivity index (χ2v) is 4.94. The maximum atomic E-state index is 10.8. The summed E-state index contributed by atoms with van der Waals surface area (Å²) in [7, 11) is 0. The Bertz CT molecular complexity index is 665. The molecule has 1 aromatic carbocycles. The molecule has 1 atom stereocenters. The molecule has 1 aromatic heterocycles. The van der Waals surface area contributed by atoms with Gasteiger partial charge in [0.2, 0.25) is 0 Å². The summed E-state index contributed by atoms with van der Waals surface area (Å²) >= 11 is 0. The Balaban J connectivity index is 1.95. The lowest BCUT2D eigenvalue weighted by atomic mass is 9.99. The molecule has 2 aromatic rings. The summed E-state index contributed by atoms with van der Waals surface area (Å²) in [5, 5.41) is 14.1. The zero-order valence-electron chi connectivity index (χ0n) is 11.7. The molecule has 0 spiro atoms. The highest BCUT2D eigenvalue weighted by Gasteiger charge is 2.22. The molecule has 0 fully saturated rings. The maximum Gasteiger partial charge on any atom is 0.433 e. The molecule has 21 heavy (non-hydrogen) atoms. The summed E-state index contributed by atoms with van der Waals surface area (Å²) in [6, 6.07) is 8.96. The second-order valence-electron chi connectivity index (χ2n) is 4.94. The van der Waals surface area contributed by atoms with E-state index in [4.69, 9.17) is 9.15 Å². The van der Waals surface area contributed by atoms with Crippen LogP contribution in [-0.2, 0) is 18.0 Å². The smallest absolute Gasteiger partial charge is 0.404 e. The zero-order chi connectivity index (χ0) is 14.8. The van der Waals surface area contributed by atoms with Crippen LogP contribution in [0.3, 0.4) is 0 Å². The molecule has 1 aliphatic heterocycles. The van der Waals surface area contributed by atoms with Crippen molar-refractivity contribution in [3.8, 4) is 0 Å². The molecular formula is C15H16N2O4. The molecule has 6 nitrogen and oxygen atoms in total. The van der Waals surface area contributed by atoms with Gasteiger partial charge in [-0.25, -0.2) is 0 Å². The highest BCUT2D eigenvalue weighted by Crippen LogP contribution is 2.30. The summed E-state index contributed by atoms with van der Waals surface area (Å²) in [5.74, 6) is 0.305. The summed E-state index contributed by atoms with van der Waals surface area (Å²) in [6.45, 7) is 3.97. The Labute approximate surface area is 121 Å². The second kappa shape index (κ2) is 5.67. The molecule has 2 heterocycles. The number of rotatable bonds is 5. The van der Waals surface area contributed by atoms with E-state index >= 15 is 0 Å². The van der Waals surface area contributed by atoms with Gasteiger partial charge in [0.15, 0.2) is 0 Å². The van der Waals surface area contributed by atoms with Crippen molar-refractivity contribution in [3.05, 3.63) is 62.9 Å². The zero-order valence-corrected chi connectivity index (χ0v) is 11.7. The number of benzene rings is 1. The van der Waals surface area contributed by atoms with Crippen molar-refractivity contribution >= 4 is 5.88 Å². The van der Waals surface area contributed by atoms with Gasteiger partial charge in [-0.3, -0.25) is 10.1 Å². The van der Waals surface area contributed by atoms with Crippen LogP contribution in [0.15, 0.2) is 34.7 Å². The first-order chi connectivity index (χ1) is 10.2. The average molecular weight is 288 g/mol. The molecule has 0 amide bonds. The first-order valence-electron chi connectivity index (χ1n) is 6.86. The van der Waals surface area contributed by atoms with Gasteiger partial charge >= 0.3 is 5.88 Å². The highest BCUT2D eigenvalue weighted by molar-refractivity contribution is 5.37. The fraction of sp³-hybridized carbons (Fsp3) is 0.333. The van der Waals surface area contributed by atoms with Crippen LogP contribution in [0.25, 0.3) is 0 Å². The van der Waals surface area contributed by atoms with Crippen LogP contribution in [0.2, 0.25) is 0 Å². The van der Waals surface area contributed by atoms with Crippen molar-refractivity contribution in [3.63, 3.8) is 0 Å². The van der Waals surface area contributed by atoms with Crippen molar-refractivity contribution in [2.45, 2.75) is 26.2 Å². The molecule has 110 valence electrons. The molecule has 0 radical (unpaired) electrons. The van der Waals surface area contributed by atoms with Gasteiger partial charge in [-0.1, -0.05) is 25.1 Å². The lowest BCUT2D eigenvalue weighted by Gasteiger charge is -2.16. The Morgan fingerprint density at radius 3 is 2.81 bits per heavy atom. The Kier molecular flexibility index (Phi) is 3.72. The van der Waals surface area contributed by atoms with Crippen LogP contribution in [0.1, 0.15) is 35.4 Å². The summed E-state index contributed by atoms with van der Waals surface area (Å²) in [5.41, 5.74) is 3.38. The molecule has 1 unspecified atom stereocenters. The third kappa shape index (κ3) is 2.68. The van der Waals surface area contributed by atoms with Crippen LogP contribution in [0, 0.1) is 10.1 Å². The number of nitrogens with one attached hydrogen (secondary N) is 1. The van der Waals surface area contributed by atoms with E-state index in [1.807, 2.05) is 19.1 Å². The van der Waals surface area contributed by atoms with E-state index in [0.29, 0.717) is 19.0 Å². The minimum absolute atomic E-state index is 0.199. The SMILES string of the molecule is CCNC(c1ccc2c(c1)COC2)c1ccc([N+](=O)[O-])o1. The maximum absolute atomic E-state index is 10.8. The summed E-state index contributed by atoms with van der Waals surface area (Å²) in [6.07, 6.45) is 0. The van der Waals surface area contributed by atoms with Gasteiger partial charge in [-0.15, -0.1) is 0 Å². The molecule has 0 bridgehead atoms. The number of ether oxygens (including phenoxy) is 1. The number of furan rings is 1. The number of nitro groups is 1. The first kappa shape index (κ1) is 13.8. The van der Waals surface area contributed by atoms with Crippen molar-refractivity contribution in [1.29, 1.82) is 0 Å². The molecule has 0 saturated heterocycles. The third-order valence-electron chi connectivity index (χ3n) is 3.56. The first-order valence-corrected chi connectivity index (χ1v) is 6.86. The molecule has 0 saturated carbocycles. The Morgan fingerprint density at radius 1 is 1.29 bits per heavy atom.